The third-order valence-corrected chi connectivity index (χ3v) is 8.91. The van der Waals surface area contributed by atoms with Crippen LogP contribution in [0.25, 0.3) is 39.0 Å². The third-order valence-electron chi connectivity index (χ3n) is 7.60. The summed E-state index contributed by atoms with van der Waals surface area (Å²) in [7, 11) is -1.76. The first kappa shape index (κ1) is 25.7. The molecule has 6 aromatic rings. The van der Waals surface area contributed by atoms with E-state index in [0.29, 0.717) is 46.2 Å². The van der Waals surface area contributed by atoms with Crippen LogP contribution in [0.4, 0.5) is 0 Å². The van der Waals surface area contributed by atoms with Gasteiger partial charge in [0.25, 0.3) is 0 Å². The molecule has 1 saturated carbocycles. The van der Waals surface area contributed by atoms with E-state index < -0.39 is 9.84 Å². The van der Waals surface area contributed by atoms with Crippen LogP contribution in [0.3, 0.4) is 0 Å². The lowest BCUT2D eigenvalue weighted by Gasteiger charge is -2.11. The monoisotopic (exact) mass is 589 g/mol. The molecule has 0 bridgehead atoms. The van der Waals surface area contributed by atoms with Crippen LogP contribution in [0.2, 0.25) is 5.02 Å². The van der Waals surface area contributed by atoms with Gasteiger partial charge in [-0.3, -0.25) is 19.0 Å². The van der Waals surface area contributed by atoms with Crippen LogP contribution in [-0.4, -0.2) is 54.2 Å². The van der Waals surface area contributed by atoms with E-state index in [2.05, 4.69) is 9.97 Å². The molecule has 0 unspecified atom stereocenters. The molecule has 5 aromatic heterocycles. The van der Waals surface area contributed by atoms with Gasteiger partial charge in [-0.1, -0.05) is 11.6 Å². The molecule has 0 spiro atoms. The highest BCUT2D eigenvalue weighted by Crippen LogP contribution is 2.36. The SMILES string of the molecule is Cn1cc(S(C)(=O)=O)cc1-c1c2c(nn1Cc1ccnc3ccc(Cl)cc13)n(CC1CC1)c(=O)n1cc(C=O)nc21. The third kappa shape index (κ3) is 4.25. The summed E-state index contributed by atoms with van der Waals surface area (Å²) in [5.74, 6) is 0.356. The number of hydrogen-bond donors (Lipinski definition) is 0. The number of hydrogen-bond acceptors (Lipinski definition) is 7. The predicted molar refractivity (Wildman–Crippen MR) is 154 cm³/mol. The Morgan fingerprint density at radius 3 is 2.63 bits per heavy atom. The summed E-state index contributed by atoms with van der Waals surface area (Å²) >= 11 is 6.34. The Kier molecular flexibility index (Phi) is 5.70. The normalized spacial score (nSPS) is 14.0. The van der Waals surface area contributed by atoms with E-state index in [1.165, 1.54) is 10.6 Å². The Bertz CT molecular complexity index is 2220. The van der Waals surface area contributed by atoms with Gasteiger partial charge in [-0.05, 0) is 54.7 Å². The van der Waals surface area contributed by atoms with Crippen molar-refractivity contribution >= 4 is 55.3 Å². The van der Waals surface area contributed by atoms with Crippen molar-refractivity contribution < 1.29 is 13.2 Å². The quantitative estimate of drug-likeness (QED) is 0.260. The molecule has 11 nitrogen and oxygen atoms in total. The maximum absolute atomic E-state index is 13.7. The van der Waals surface area contributed by atoms with Crippen LogP contribution in [0.15, 0.2) is 58.6 Å². The van der Waals surface area contributed by atoms with Crippen LogP contribution in [-0.2, 0) is 30.0 Å². The number of rotatable bonds is 7. The molecule has 7 rings (SSSR count). The average Bonchev–Trinajstić information content (AvgIpc) is 3.33. The predicted octanol–water partition coefficient (Wildman–Crippen LogP) is 3.73. The average molecular weight is 590 g/mol. The highest BCUT2D eigenvalue weighted by Gasteiger charge is 2.29. The molecular formula is C28H24ClN7O4S. The molecule has 0 amide bonds. The highest BCUT2D eigenvalue weighted by molar-refractivity contribution is 7.90. The molecule has 1 fully saturated rings. The molecule has 208 valence electrons. The number of benzene rings is 1. The molecule has 0 atom stereocenters. The van der Waals surface area contributed by atoms with Crippen molar-refractivity contribution in [1.29, 1.82) is 0 Å². The molecule has 0 aliphatic heterocycles. The molecule has 1 aliphatic carbocycles. The van der Waals surface area contributed by atoms with Crippen LogP contribution in [0.1, 0.15) is 28.9 Å². The first-order valence-corrected chi connectivity index (χ1v) is 15.3. The fraction of sp³-hybridized carbons (Fsp3) is 0.250. The van der Waals surface area contributed by atoms with Crippen molar-refractivity contribution in [3.05, 3.63) is 75.7 Å². The second-order valence-electron chi connectivity index (χ2n) is 10.6. The number of fused-ring (bicyclic) bond motifs is 4. The van der Waals surface area contributed by atoms with Gasteiger partial charge in [-0.2, -0.15) is 5.10 Å². The van der Waals surface area contributed by atoms with Crippen molar-refractivity contribution in [2.75, 3.05) is 6.26 Å². The number of imidazole rings is 1. The van der Waals surface area contributed by atoms with Gasteiger partial charge in [0, 0.05) is 48.8 Å². The number of pyridine rings is 1. The van der Waals surface area contributed by atoms with Crippen molar-refractivity contribution in [2.45, 2.75) is 30.8 Å². The van der Waals surface area contributed by atoms with E-state index in [4.69, 9.17) is 16.7 Å². The zero-order valence-corrected chi connectivity index (χ0v) is 23.7. The molecule has 41 heavy (non-hydrogen) atoms. The van der Waals surface area contributed by atoms with Crippen LogP contribution in [0.5, 0.6) is 0 Å². The lowest BCUT2D eigenvalue weighted by molar-refractivity contribution is 0.111. The number of sulfone groups is 1. The summed E-state index contributed by atoms with van der Waals surface area (Å²) in [6.45, 7) is 0.750. The van der Waals surface area contributed by atoms with E-state index >= 15 is 0 Å². The number of nitrogens with zero attached hydrogens (tertiary/aromatic N) is 7. The van der Waals surface area contributed by atoms with E-state index in [0.717, 1.165) is 35.6 Å². The second-order valence-corrected chi connectivity index (χ2v) is 13.0. The number of carbonyl (C=O) groups is 1. The molecule has 1 aliphatic rings. The largest absolute Gasteiger partial charge is 0.348 e. The Labute approximate surface area is 238 Å². The van der Waals surface area contributed by atoms with E-state index in [1.54, 1.807) is 45.4 Å². The molecule has 0 N–H and O–H groups in total. The molecule has 1 aromatic carbocycles. The smallest absolute Gasteiger partial charge is 0.335 e. The minimum Gasteiger partial charge on any atom is -0.348 e. The maximum atomic E-state index is 13.7. The number of aryl methyl sites for hydroxylation is 1. The Balaban J connectivity index is 1.59. The van der Waals surface area contributed by atoms with Gasteiger partial charge in [0.1, 0.15) is 5.69 Å². The fourth-order valence-corrected chi connectivity index (χ4v) is 6.23. The Hall–Kier alpha value is -4.29. The minimum atomic E-state index is -3.51. The van der Waals surface area contributed by atoms with Gasteiger partial charge in [-0.15, -0.1) is 0 Å². The van der Waals surface area contributed by atoms with E-state index in [9.17, 15) is 18.0 Å². The Morgan fingerprint density at radius 2 is 1.93 bits per heavy atom. The van der Waals surface area contributed by atoms with Gasteiger partial charge < -0.3 is 4.57 Å². The zero-order valence-electron chi connectivity index (χ0n) is 22.2. The molecule has 0 radical (unpaired) electrons. The lowest BCUT2D eigenvalue weighted by Crippen LogP contribution is -2.27. The summed E-state index contributed by atoms with van der Waals surface area (Å²) in [6, 6.07) is 8.95. The summed E-state index contributed by atoms with van der Waals surface area (Å²) in [5.41, 5.74) is 3.27. The van der Waals surface area contributed by atoms with Gasteiger partial charge in [0.15, 0.2) is 27.4 Å². The molecule has 0 saturated heterocycles. The second kappa shape index (κ2) is 9.11. The number of aromatic nitrogens is 7. The summed E-state index contributed by atoms with van der Waals surface area (Å²) in [6.07, 6.45) is 8.49. The molecule has 13 heteroatoms. The van der Waals surface area contributed by atoms with Crippen molar-refractivity contribution in [2.24, 2.45) is 13.0 Å². The van der Waals surface area contributed by atoms with E-state index in [1.807, 2.05) is 18.2 Å². The van der Waals surface area contributed by atoms with Crippen molar-refractivity contribution in [3.8, 4) is 11.4 Å². The van der Waals surface area contributed by atoms with Gasteiger partial charge in [0.2, 0.25) is 0 Å². The summed E-state index contributed by atoms with van der Waals surface area (Å²) in [5, 5.41) is 6.94. The number of halogens is 1. The van der Waals surface area contributed by atoms with Crippen molar-refractivity contribution in [1.82, 2.24) is 33.3 Å². The fourth-order valence-electron chi connectivity index (χ4n) is 5.39. The Morgan fingerprint density at radius 1 is 1.12 bits per heavy atom. The van der Waals surface area contributed by atoms with Crippen LogP contribution < -0.4 is 5.69 Å². The maximum Gasteiger partial charge on any atom is 0.335 e. The first-order valence-electron chi connectivity index (χ1n) is 13.0. The minimum absolute atomic E-state index is 0.116. The highest BCUT2D eigenvalue weighted by atomic mass is 35.5. The van der Waals surface area contributed by atoms with Gasteiger partial charge in [0.05, 0.1) is 33.7 Å². The van der Waals surface area contributed by atoms with Gasteiger partial charge >= 0.3 is 5.69 Å². The van der Waals surface area contributed by atoms with Gasteiger partial charge in [-0.25, -0.2) is 22.6 Å². The first-order chi connectivity index (χ1) is 19.6. The zero-order chi connectivity index (χ0) is 28.6. The van der Waals surface area contributed by atoms with E-state index in [-0.39, 0.29) is 28.5 Å². The topological polar surface area (TPSA) is 126 Å². The lowest BCUT2D eigenvalue weighted by atomic mass is 10.1. The molecular weight excluding hydrogens is 566 g/mol. The molecule has 5 heterocycles. The summed E-state index contributed by atoms with van der Waals surface area (Å²) < 4.78 is 31.5. The number of carbonyl (C=O) groups excluding carboxylic acids is 1. The summed E-state index contributed by atoms with van der Waals surface area (Å²) in [4.78, 5) is 34.5. The van der Waals surface area contributed by atoms with Crippen LogP contribution in [0, 0.1) is 5.92 Å². The van der Waals surface area contributed by atoms with Crippen molar-refractivity contribution in [3.63, 3.8) is 0 Å². The number of aldehydes is 1. The van der Waals surface area contributed by atoms with Crippen LogP contribution >= 0.6 is 11.6 Å². The standard InChI is InChI=1S/C28H24ClN7O4S/c1-33-14-20(41(2,39)40)10-23(33)25-24-26-31-19(15-37)13-35(26)28(38)34(11-16-3-4-16)27(24)32-36(25)12-17-7-8-30-22-6-5-18(29)9-21(17)22/h5-10,13-16H,3-4,11-12H2,1-2H3.